The third-order valence-electron chi connectivity index (χ3n) is 4.60. The fraction of sp³-hybridized carbons (Fsp3) is 0.120. The highest BCUT2D eigenvalue weighted by Crippen LogP contribution is 2.27. The number of ketones is 1. The van der Waals surface area contributed by atoms with E-state index in [0.29, 0.717) is 16.8 Å². The van der Waals surface area contributed by atoms with Crippen molar-refractivity contribution < 1.29 is 23.9 Å². The molecule has 0 aliphatic heterocycles. The van der Waals surface area contributed by atoms with Crippen LogP contribution < -0.4 is 10.6 Å². The molecule has 0 fully saturated rings. The van der Waals surface area contributed by atoms with Gasteiger partial charge in [0.15, 0.2) is 12.4 Å². The van der Waals surface area contributed by atoms with E-state index in [1.54, 1.807) is 66.7 Å². The number of Topliss-reactive ketones (excluding diaryl/α,β-unsaturated/α-hetero) is 1. The van der Waals surface area contributed by atoms with Gasteiger partial charge in [0.2, 0.25) is 5.91 Å². The van der Waals surface area contributed by atoms with Gasteiger partial charge in [0.25, 0.3) is 5.91 Å². The molecule has 0 heterocycles. The minimum Gasteiger partial charge on any atom is -0.454 e. The van der Waals surface area contributed by atoms with Crippen LogP contribution in [0.3, 0.4) is 0 Å². The lowest BCUT2D eigenvalue weighted by atomic mass is 10.1. The van der Waals surface area contributed by atoms with Crippen molar-refractivity contribution in [2.45, 2.75) is 11.8 Å². The van der Waals surface area contributed by atoms with Crippen LogP contribution in [0.5, 0.6) is 0 Å². The minimum atomic E-state index is -0.741. The van der Waals surface area contributed by atoms with E-state index in [4.69, 9.17) is 4.74 Å². The molecule has 33 heavy (non-hydrogen) atoms. The average molecular weight is 463 g/mol. The van der Waals surface area contributed by atoms with Crippen molar-refractivity contribution in [2.24, 2.45) is 0 Å². The van der Waals surface area contributed by atoms with Crippen molar-refractivity contribution >= 4 is 46.7 Å². The lowest BCUT2D eigenvalue weighted by Gasteiger charge is -2.12. The van der Waals surface area contributed by atoms with Gasteiger partial charge in [0.05, 0.1) is 16.9 Å². The Morgan fingerprint density at radius 3 is 2.21 bits per heavy atom. The number of nitrogens with one attached hydrogen (secondary N) is 2. The van der Waals surface area contributed by atoms with Crippen molar-refractivity contribution in [2.75, 3.05) is 23.5 Å². The molecule has 0 saturated carbocycles. The minimum absolute atomic E-state index is 0.131. The van der Waals surface area contributed by atoms with Crippen LogP contribution in [0.15, 0.2) is 77.7 Å². The predicted octanol–water partition coefficient (Wildman–Crippen LogP) is 4.66. The monoisotopic (exact) mass is 462 g/mol. The van der Waals surface area contributed by atoms with E-state index in [2.05, 4.69) is 10.6 Å². The summed E-state index contributed by atoms with van der Waals surface area (Å²) in [5.41, 5.74) is 1.67. The van der Waals surface area contributed by atoms with Crippen molar-refractivity contribution in [1.82, 2.24) is 0 Å². The first-order chi connectivity index (χ1) is 15.9. The van der Waals surface area contributed by atoms with Gasteiger partial charge in [-0.15, -0.1) is 11.8 Å². The molecule has 0 aliphatic rings. The fourth-order valence-electron chi connectivity index (χ4n) is 3.02. The summed E-state index contributed by atoms with van der Waals surface area (Å²) in [4.78, 5) is 49.9. The molecule has 0 aliphatic carbocycles. The maximum atomic E-state index is 12.6. The number of hydrogen-bond acceptors (Lipinski definition) is 6. The quantitative estimate of drug-likeness (QED) is 0.287. The van der Waals surface area contributed by atoms with Crippen LogP contribution in [0.1, 0.15) is 38.0 Å². The second kappa shape index (κ2) is 11.1. The van der Waals surface area contributed by atoms with Crippen LogP contribution in [0.25, 0.3) is 0 Å². The number of benzene rings is 3. The largest absolute Gasteiger partial charge is 0.454 e. The van der Waals surface area contributed by atoms with Gasteiger partial charge in [-0.3, -0.25) is 14.4 Å². The van der Waals surface area contributed by atoms with Gasteiger partial charge in [0, 0.05) is 22.9 Å². The number of carbonyl (C=O) groups is 4. The molecule has 0 bridgehead atoms. The SMILES string of the molecule is CSc1ccc(C(=O)COC(=O)c2ccccc2NC(=O)c2ccccc2)cc1NC(C)=O. The van der Waals surface area contributed by atoms with Crippen LogP contribution in [-0.2, 0) is 9.53 Å². The van der Waals surface area contributed by atoms with E-state index in [9.17, 15) is 19.2 Å². The molecule has 0 saturated heterocycles. The molecular weight excluding hydrogens is 440 g/mol. The highest BCUT2D eigenvalue weighted by Gasteiger charge is 2.18. The number of ether oxygens (including phenoxy) is 1. The van der Waals surface area contributed by atoms with Crippen molar-refractivity contribution in [3.05, 3.63) is 89.5 Å². The summed E-state index contributed by atoms with van der Waals surface area (Å²) in [6.45, 7) is 0.895. The average Bonchev–Trinajstić information content (AvgIpc) is 2.82. The Bertz CT molecular complexity index is 1190. The molecule has 3 rings (SSSR count). The van der Waals surface area contributed by atoms with Crippen LogP contribution >= 0.6 is 11.8 Å². The Morgan fingerprint density at radius 1 is 0.818 bits per heavy atom. The number of anilines is 2. The Kier molecular flexibility index (Phi) is 7.99. The Hall–Kier alpha value is -3.91. The molecule has 2 N–H and O–H groups in total. The van der Waals surface area contributed by atoms with Crippen molar-refractivity contribution in [3.63, 3.8) is 0 Å². The third-order valence-corrected chi connectivity index (χ3v) is 5.39. The molecule has 3 aromatic carbocycles. The Balaban J connectivity index is 1.69. The lowest BCUT2D eigenvalue weighted by molar-refractivity contribution is -0.114. The maximum Gasteiger partial charge on any atom is 0.340 e. The molecule has 8 heteroatoms. The third kappa shape index (κ3) is 6.30. The smallest absolute Gasteiger partial charge is 0.340 e. The van der Waals surface area contributed by atoms with Crippen LogP contribution in [0.2, 0.25) is 0 Å². The van der Waals surface area contributed by atoms with Crippen LogP contribution in [0, 0.1) is 0 Å². The van der Waals surface area contributed by atoms with Gasteiger partial charge in [-0.1, -0.05) is 36.4 Å². The molecule has 0 aromatic heterocycles. The first-order valence-electron chi connectivity index (χ1n) is 10.0. The van der Waals surface area contributed by atoms with Gasteiger partial charge in [-0.2, -0.15) is 0 Å². The molecule has 3 aromatic rings. The second-order valence-electron chi connectivity index (χ2n) is 6.96. The standard InChI is InChI=1S/C25H22N2O5S/c1-16(28)26-21-14-18(12-13-23(21)33-2)22(29)15-32-25(31)19-10-6-7-11-20(19)27-24(30)17-8-4-3-5-9-17/h3-14H,15H2,1-2H3,(H,26,28)(H,27,30). The first-order valence-corrected chi connectivity index (χ1v) is 11.2. The zero-order valence-corrected chi connectivity index (χ0v) is 18.9. The molecular formula is C25H22N2O5S. The number of carbonyl (C=O) groups excluding carboxylic acids is 4. The number of esters is 1. The first kappa shape index (κ1) is 23.7. The molecule has 0 radical (unpaired) electrons. The summed E-state index contributed by atoms with van der Waals surface area (Å²) in [5.74, 6) is -1.79. The molecule has 0 spiro atoms. The summed E-state index contributed by atoms with van der Waals surface area (Å²) in [6.07, 6.45) is 1.86. The Morgan fingerprint density at radius 2 is 1.52 bits per heavy atom. The summed E-state index contributed by atoms with van der Waals surface area (Å²) in [5, 5.41) is 5.39. The molecule has 7 nitrogen and oxygen atoms in total. The van der Waals surface area contributed by atoms with E-state index in [1.165, 1.54) is 24.8 Å². The van der Waals surface area contributed by atoms with Crippen molar-refractivity contribution in [3.8, 4) is 0 Å². The summed E-state index contributed by atoms with van der Waals surface area (Å²) >= 11 is 1.43. The van der Waals surface area contributed by atoms with E-state index in [0.717, 1.165) is 4.90 Å². The fourth-order valence-corrected chi connectivity index (χ4v) is 3.55. The predicted molar refractivity (Wildman–Crippen MR) is 128 cm³/mol. The number of hydrogen-bond donors (Lipinski definition) is 2. The van der Waals surface area contributed by atoms with Gasteiger partial charge in [-0.25, -0.2) is 4.79 Å². The highest BCUT2D eigenvalue weighted by atomic mass is 32.2. The second-order valence-corrected chi connectivity index (χ2v) is 7.81. The van der Waals surface area contributed by atoms with E-state index in [-0.39, 0.29) is 23.1 Å². The molecule has 0 atom stereocenters. The Labute approximate surface area is 195 Å². The lowest BCUT2D eigenvalue weighted by Crippen LogP contribution is -2.18. The van der Waals surface area contributed by atoms with Gasteiger partial charge >= 0.3 is 5.97 Å². The molecule has 168 valence electrons. The van der Waals surface area contributed by atoms with E-state index in [1.807, 2.05) is 6.26 Å². The molecule has 2 amide bonds. The number of rotatable bonds is 8. The summed E-state index contributed by atoms with van der Waals surface area (Å²) in [7, 11) is 0. The zero-order chi connectivity index (χ0) is 23.8. The number of amides is 2. The van der Waals surface area contributed by atoms with Gasteiger partial charge in [0.1, 0.15) is 0 Å². The topological polar surface area (TPSA) is 102 Å². The van der Waals surface area contributed by atoms with E-state index >= 15 is 0 Å². The van der Waals surface area contributed by atoms with Gasteiger partial charge in [-0.05, 0) is 42.7 Å². The summed E-state index contributed by atoms with van der Waals surface area (Å²) in [6, 6.07) is 19.9. The van der Waals surface area contributed by atoms with E-state index < -0.39 is 18.4 Å². The zero-order valence-electron chi connectivity index (χ0n) is 18.1. The van der Waals surface area contributed by atoms with Crippen LogP contribution in [0.4, 0.5) is 11.4 Å². The summed E-state index contributed by atoms with van der Waals surface area (Å²) < 4.78 is 5.22. The van der Waals surface area contributed by atoms with Crippen molar-refractivity contribution in [1.29, 1.82) is 0 Å². The number of para-hydroxylation sites is 1. The highest BCUT2D eigenvalue weighted by molar-refractivity contribution is 7.98. The molecule has 0 unspecified atom stereocenters. The van der Waals surface area contributed by atoms with Gasteiger partial charge < -0.3 is 15.4 Å². The number of thioether (sulfide) groups is 1. The maximum absolute atomic E-state index is 12.6. The van der Waals surface area contributed by atoms with Crippen LogP contribution in [-0.4, -0.2) is 36.4 Å². The normalized spacial score (nSPS) is 10.2.